The van der Waals surface area contributed by atoms with Crippen molar-refractivity contribution in [1.82, 2.24) is 0 Å². The highest BCUT2D eigenvalue weighted by atomic mass is 32.2. The molecule has 3 aromatic carbocycles. The monoisotopic (exact) mass is 398 g/mol. The largest absolute Gasteiger partial charge is 0.480 e. The maximum absolute atomic E-state index is 13.3. The summed E-state index contributed by atoms with van der Waals surface area (Å²) in [7, 11) is -3.40. The first-order valence-corrected chi connectivity index (χ1v) is 10.5. The standard InChI is InChI=1S/C22H19FO4S/c1-28(26,27)20-13-9-18(10-14-20)22(21(24)25,17-5-3-2-4-6-17)15-16-7-11-19(23)12-8-16/h2-14H,15H2,1H3,(H,24,25). The van der Waals surface area contributed by atoms with Gasteiger partial charge in [0.05, 0.1) is 4.90 Å². The number of carbonyl (C=O) groups is 1. The van der Waals surface area contributed by atoms with Gasteiger partial charge in [-0.1, -0.05) is 54.6 Å². The predicted octanol–water partition coefficient (Wildman–Crippen LogP) is 3.84. The predicted molar refractivity (Wildman–Crippen MR) is 105 cm³/mol. The van der Waals surface area contributed by atoms with Crippen molar-refractivity contribution in [2.24, 2.45) is 0 Å². The van der Waals surface area contributed by atoms with Gasteiger partial charge in [-0.2, -0.15) is 0 Å². The fraction of sp³-hybridized carbons (Fsp3) is 0.136. The molecule has 0 aromatic heterocycles. The average Bonchev–Trinajstić information content (AvgIpc) is 2.67. The van der Waals surface area contributed by atoms with Crippen LogP contribution in [0.25, 0.3) is 0 Å². The topological polar surface area (TPSA) is 71.4 Å². The van der Waals surface area contributed by atoms with Gasteiger partial charge < -0.3 is 5.11 Å². The van der Waals surface area contributed by atoms with Gasteiger partial charge in [-0.05, 0) is 47.4 Å². The number of sulfone groups is 1. The van der Waals surface area contributed by atoms with Gasteiger partial charge >= 0.3 is 5.97 Å². The molecule has 6 heteroatoms. The molecule has 0 spiro atoms. The normalized spacial score (nSPS) is 13.6. The molecule has 4 nitrogen and oxygen atoms in total. The highest BCUT2D eigenvalue weighted by Crippen LogP contribution is 2.37. The van der Waals surface area contributed by atoms with E-state index < -0.39 is 27.0 Å². The molecule has 1 unspecified atom stereocenters. The summed E-state index contributed by atoms with van der Waals surface area (Å²) in [6, 6.07) is 20.3. The van der Waals surface area contributed by atoms with Crippen molar-refractivity contribution in [3.05, 3.63) is 101 Å². The van der Waals surface area contributed by atoms with Crippen LogP contribution in [0.15, 0.2) is 83.8 Å². The minimum Gasteiger partial charge on any atom is -0.480 e. The van der Waals surface area contributed by atoms with E-state index in [9.17, 15) is 22.7 Å². The van der Waals surface area contributed by atoms with Crippen molar-refractivity contribution in [3.8, 4) is 0 Å². The molecule has 0 aliphatic rings. The second-order valence-electron chi connectivity index (χ2n) is 6.68. The molecule has 0 saturated heterocycles. The van der Waals surface area contributed by atoms with E-state index in [1.165, 1.54) is 36.4 Å². The Bertz CT molecular complexity index is 1080. The summed E-state index contributed by atoms with van der Waals surface area (Å²) in [4.78, 5) is 12.7. The van der Waals surface area contributed by atoms with E-state index in [2.05, 4.69) is 0 Å². The van der Waals surface area contributed by atoms with Crippen molar-refractivity contribution in [1.29, 1.82) is 0 Å². The molecule has 144 valence electrons. The first-order valence-electron chi connectivity index (χ1n) is 8.57. The Morgan fingerprint density at radius 3 is 1.93 bits per heavy atom. The lowest BCUT2D eigenvalue weighted by Crippen LogP contribution is -2.39. The Morgan fingerprint density at radius 1 is 0.893 bits per heavy atom. The fourth-order valence-electron chi connectivity index (χ4n) is 3.31. The van der Waals surface area contributed by atoms with E-state index in [0.717, 1.165) is 6.26 Å². The summed E-state index contributed by atoms with van der Waals surface area (Å²) in [6.07, 6.45) is 1.19. The highest BCUT2D eigenvalue weighted by Gasteiger charge is 2.42. The van der Waals surface area contributed by atoms with Gasteiger partial charge in [0.1, 0.15) is 11.2 Å². The third-order valence-electron chi connectivity index (χ3n) is 4.79. The Balaban J connectivity index is 2.20. The van der Waals surface area contributed by atoms with Crippen molar-refractivity contribution in [2.45, 2.75) is 16.7 Å². The van der Waals surface area contributed by atoms with Gasteiger partial charge in [0, 0.05) is 6.26 Å². The van der Waals surface area contributed by atoms with Crippen LogP contribution in [0.4, 0.5) is 4.39 Å². The highest BCUT2D eigenvalue weighted by molar-refractivity contribution is 7.90. The Morgan fingerprint density at radius 2 is 1.43 bits per heavy atom. The molecule has 0 radical (unpaired) electrons. The molecular weight excluding hydrogens is 379 g/mol. The Hall–Kier alpha value is -2.99. The van der Waals surface area contributed by atoms with E-state index in [1.54, 1.807) is 42.5 Å². The maximum atomic E-state index is 13.3. The summed E-state index contributed by atoms with van der Waals surface area (Å²) < 4.78 is 36.8. The van der Waals surface area contributed by atoms with Crippen LogP contribution in [0.3, 0.4) is 0 Å². The lowest BCUT2D eigenvalue weighted by atomic mass is 9.70. The molecule has 0 aliphatic carbocycles. The summed E-state index contributed by atoms with van der Waals surface area (Å²) in [5, 5.41) is 10.3. The molecule has 28 heavy (non-hydrogen) atoms. The number of carboxylic acid groups (broad SMARTS) is 1. The van der Waals surface area contributed by atoms with E-state index in [4.69, 9.17) is 0 Å². The summed E-state index contributed by atoms with van der Waals surface area (Å²) in [5.41, 5.74) is 0.205. The van der Waals surface area contributed by atoms with Gasteiger partial charge in [-0.25, -0.2) is 12.8 Å². The van der Waals surface area contributed by atoms with E-state index in [0.29, 0.717) is 16.7 Å². The van der Waals surface area contributed by atoms with Crippen LogP contribution in [0, 0.1) is 5.82 Å². The molecule has 0 aliphatic heterocycles. The number of benzene rings is 3. The van der Waals surface area contributed by atoms with Gasteiger partial charge in [0.2, 0.25) is 0 Å². The van der Waals surface area contributed by atoms with E-state index >= 15 is 0 Å². The van der Waals surface area contributed by atoms with Crippen LogP contribution in [0.1, 0.15) is 16.7 Å². The first kappa shape index (κ1) is 19.8. The molecule has 0 amide bonds. The van der Waals surface area contributed by atoms with E-state index in [-0.39, 0.29) is 11.3 Å². The molecule has 1 atom stereocenters. The van der Waals surface area contributed by atoms with E-state index in [1.807, 2.05) is 0 Å². The summed E-state index contributed by atoms with van der Waals surface area (Å²) in [6.45, 7) is 0. The zero-order valence-corrected chi connectivity index (χ0v) is 16.0. The molecule has 0 heterocycles. The minimum atomic E-state index is -3.40. The van der Waals surface area contributed by atoms with Gasteiger partial charge in [0.25, 0.3) is 0 Å². The van der Waals surface area contributed by atoms with Crippen molar-refractivity contribution in [2.75, 3.05) is 6.26 Å². The third kappa shape index (κ3) is 3.82. The zero-order chi connectivity index (χ0) is 20.4. The van der Waals surface area contributed by atoms with Crippen LogP contribution < -0.4 is 0 Å². The third-order valence-corrected chi connectivity index (χ3v) is 5.92. The number of hydrogen-bond acceptors (Lipinski definition) is 3. The first-order chi connectivity index (χ1) is 13.2. The number of hydrogen-bond donors (Lipinski definition) is 1. The number of aliphatic carboxylic acids is 1. The van der Waals surface area contributed by atoms with Gasteiger partial charge in [-0.15, -0.1) is 0 Å². The van der Waals surface area contributed by atoms with Crippen molar-refractivity contribution in [3.63, 3.8) is 0 Å². The zero-order valence-electron chi connectivity index (χ0n) is 15.2. The average molecular weight is 398 g/mol. The fourth-order valence-corrected chi connectivity index (χ4v) is 3.94. The Labute approximate surface area is 163 Å². The molecule has 3 aromatic rings. The SMILES string of the molecule is CS(=O)(=O)c1ccc(C(Cc2ccc(F)cc2)(C(=O)O)c2ccccc2)cc1. The summed E-state index contributed by atoms with van der Waals surface area (Å²) in [5.74, 6) is -1.47. The Kier molecular flexibility index (Phi) is 5.34. The van der Waals surface area contributed by atoms with Crippen LogP contribution in [0.2, 0.25) is 0 Å². The second kappa shape index (κ2) is 7.56. The van der Waals surface area contributed by atoms with Gasteiger partial charge in [0.15, 0.2) is 9.84 Å². The number of rotatable bonds is 6. The molecule has 3 rings (SSSR count). The van der Waals surface area contributed by atoms with Crippen molar-refractivity contribution >= 4 is 15.8 Å². The lowest BCUT2D eigenvalue weighted by Gasteiger charge is -2.31. The van der Waals surface area contributed by atoms with Crippen LogP contribution in [0.5, 0.6) is 0 Å². The molecular formula is C22H19FO4S. The summed E-state index contributed by atoms with van der Waals surface area (Å²) >= 11 is 0. The van der Waals surface area contributed by atoms with Gasteiger partial charge in [-0.3, -0.25) is 4.79 Å². The number of carboxylic acids is 1. The van der Waals surface area contributed by atoms with Crippen molar-refractivity contribution < 1.29 is 22.7 Å². The smallest absolute Gasteiger partial charge is 0.318 e. The van der Waals surface area contributed by atoms with Crippen LogP contribution >= 0.6 is 0 Å². The molecule has 1 N–H and O–H groups in total. The lowest BCUT2D eigenvalue weighted by molar-refractivity contribution is -0.142. The van der Waals surface area contributed by atoms with Crippen LogP contribution in [-0.2, 0) is 26.5 Å². The minimum absolute atomic E-state index is 0.0881. The number of halogens is 1. The second-order valence-corrected chi connectivity index (χ2v) is 8.69. The molecule has 0 bridgehead atoms. The molecule has 0 fully saturated rings. The maximum Gasteiger partial charge on any atom is 0.318 e. The molecule has 0 saturated carbocycles. The quantitative estimate of drug-likeness (QED) is 0.685. The van der Waals surface area contributed by atoms with Crippen LogP contribution in [-0.4, -0.2) is 25.7 Å².